The number of piperidine rings is 1. The average Bonchev–Trinajstić information content (AvgIpc) is 2.68. The van der Waals surface area contributed by atoms with E-state index in [1.165, 1.54) is 67.6 Å². The fraction of sp³-hybridized carbons (Fsp3) is 0.478. The largest absolute Gasteiger partial charge is 0.508 e. The number of hydrogen-bond acceptors (Lipinski definition) is 2. The zero-order valence-corrected chi connectivity index (χ0v) is 15.2. The maximum atomic E-state index is 9.84. The number of fused-ring (bicyclic) bond motifs is 1. The van der Waals surface area contributed by atoms with E-state index in [0.717, 1.165) is 6.42 Å². The van der Waals surface area contributed by atoms with Crippen LogP contribution in [-0.2, 0) is 6.42 Å². The monoisotopic (exact) mass is 335 g/mol. The van der Waals surface area contributed by atoms with Gasteiger partial charge in [0.25, 0.3) is 0 Å². The molecular formula is C23H29NO. The second-order valence-electron chi connectivity index (χ2n) is 7.71. The topological polar surface area (TPSA) is 23.5 Å². The van der Waals surface area contributed by atoms with Crippen molar-refractivity contribution in [3.8, 4) is 5.75 Å². The summed E-state index contributed by atoms with van der Waals surface area (Å²) in [5.74, 6) is 1.55. The molecule has 0 spiro atoms. The van der Waals surface area contributed by atoms with E-state index in [4.69, 9.17) is 0 Å². The van der Waals surface area contributed by atoms with Gasteiger partial charge in [-0.3, -0.25) is 0 Å². The molecule has 1 aliphatic carbocycles. The zero-order valence-electron chi connectivity index (χ0n) is 15.2. The van der Waals surface area contributed by atoms with Gasteiger partial charge in [0.1, 0.15) is 5.75 Å². The summed E-state index contributed by atoms with van der Waals surface area (Å²) < 4.78 is 0. The van der Waals surface area contributed by atoms with Crippen LogP contribution >= 0.6 is 0 Å². The summed E-state index contributed by atoms with van der Waals surface area (Å²) >= 11 is 0. The number of phenols is 1. The van der Waals surface area contributed by atoms with Gasteiger partial charge in [0.05, 0.1) is 0 Å². The standard InChI is InChI=1S/C23H29NO/c1-2-17-6-7-19-16-21(25)12-13-22(19)23(17)18-8-10-20(11-9-18)24-14-4-3-5-15-24/h8-13,16-17,23,25H,2-7,14-15H2,1H3/t17-,23+/m0/s1. The Bertz CT molecular complexity index is 715. The van der Waals surface area contributed by atoms with E-state index >= 15 is 0 Å². The Labute approximate surface area is 151 Å². The van der Waals surface area contributed by atoms with Crippen LogP contribution < -0.4 is 4.90 Å². The molecule has 2 heteroatoms. The van der Waals surface area contributed by atoms with Crippen molar-refractivity contribution < 1.29 is 5.11 Å². The molecule has 2 aromatic rings. The number of rotatable bonds is 3. The first kappa shape index (κ1) is 16.5. The van der Waals surface area contributed by atoms with Crippen molar-refractivity contribution in [3.05, 3.63) is 59.2 Å². The molecule has 1 N–H and O–H groups in total. The van der Waals surface area contributed by atoms with Crippen LogP contribution in [0.4, 0.5) is 5.69 Å². The molecule has 1 saturated heterocycles. The first-order valence-corrected chi connectivity index (χ1v) is 9.93. The first-order valence-electron chi connectivity index (χ1n) is 9.93. The SMILES string of the molecule is CC[C@H]1CCc2cc(O)ccc2[C@H]1c1ccc(N2CCCCC2)cc1. The minimum Gasteiger partial charge on any atom is -0.508 e. The minimum atomic E-state index is 0.396. The van der Waals surface area contributed by atoms with E-state index in [2.05, 4.69) is 42.2 Å². The fourth-order valence-electron chi connectivity index (χ4n) is 4.81. The highest BCUT2D eigenvalue weighted by Gasteiger charge is 2.30. The summed E-state index contributed by atoms with van der Waals surface area (Å²) in [6.07, 6.45) is 7.52. The molecule has 1 heterocycles. The molecule has 2 nitrogen and oxygen atoms in total. The van der Waals surface area contributed by atoms with E-state index in [-0.39, 0.29) is 0 Å². The summed E-state index contributed by atoms with van der Waals surface area (Å²) in [5, 5.41) is 9.84. The van der Waals surface area contributed by atoms with Crippen LogP contribution in [0.25, 0.3) is 0 Å². The Balaban J connectivity index is 1.65. The summed E-state index contributed by atoms with van der Waals surface area (Å²) in [6.45, 7) is 4.70. The fourth-order valence-corrected chi connectivity index (χ4v) is 4.81. The number of anilines is 1. The van der Waals surface area contributed by atoms with Crippen molar-refractivity contribution in [2.24, 2.45) is 5.92 Å². The lowest BCUT2D eigenvalue weighted by atomic mass is 9.71. The third kappa shape index (κ3) is 3.27. The van der Waals surface area contributed by atoms with Crippen molar-refractivity contribution in [3.63, 3.8) is 0 Å². The van der Waals surface area contributed by atoms with E-state index in [1.54, 1.807) is 0 Å². The average molecular weight is 335 g/mol. The molecule has 0 radical (unpaired) electrons. The predicted molar refractivity (Wildman–Crippen MR) is 105 cm³/mol. The highest BCUT2D eigenvalue weighted by atomic mass is 16.3. The van der Waals surface area contributed by atoms with Crippen LogP contribution in [-0.4, -0.2) is 18.2 Å². The lowest BCUT2D eigenvalue weighted by Gasteiger charge is -2.34. The van der Waals surface area contributed by atoms with Gasteiger partial charge in [-0.15, -0.1) is 0 Å². The second kappa shape index (κ2) is 7.11. The van der Waals surface area contributed by atoms with Gasteiger partial charge in [0.15, 0.2) is 0 Å². The molecule has 1 fully saturated rings. The second-order valence-corrected chi connectivity index (χ2v) is 7.71. The number of phenolic OH excluding ortho intramolecular Hbond substituents is 1. The van der Waals surface area contributed by atoms with E-state index < -0.39 is 0 Å². The van der Waals surface area contributed by atoms with Crippen LogP contribution in [0.1, 0.15) is 61.6 Å². The maximum absolute atomic E-state index is 9.84. The number of benzene rings is 2. The first-order chi connectivity index (χ1) is 12.3. The van der Waals surface area contributed by atoms with E-state index in [0.29, 0.717) is 17.6 Å². The molecule has 1 aliphatic heterocycles. The molecule has 4 rings (SSSR count). The lowest BCUT2D eigenvalue weighted by Crippen LogP contribution is -2.29. The van der Waals surface area contributed by atoms with Crippen LogP contribution in [0, 0.1) is 5.92 Å². The molecular weight excluding hydrogens is 306 g/mol. The lowest BCUT2D eigenvalue weighted by molar-refractivity contribution is 0.395. The molecule has 2 aliphatic rings. The van der Waals surface area contributed by atoms with Gasteiger partial charge < -0.3 is 10.0 Å². The van der Waals surface area contributed by atoms with Gasteiger partial charge in [-0.2, -0.15) is 0 Å². The predicted octanol–water partition coefficient (Wildman–Crippen LogP) is 5.49. The van der Waals surface area contributed by atoms with Crippen LogP contribution in [0.3, 0.4) is 0 Å². The normalized spacial score (nSPS) is 23.3. The molecule has 2 atom stereocenters. The van der Waals surface area contributed by atoms with Crippen LogP contribution in [0.15, 0.2) is 42.5 Å². The molecule has 0 unspecified atom stereocenters. The summed E-state index contributed by atoms with van der Waals surface area (Å²) in [4.78, 5) is 2.53. The quantitative estimate of drug-likeness (QED) is 0.802. The Morgan fingerprint density at radius 2 is 1.76 bits per heavy atom. The van der Waals surface area contributed by atoms with Gasteiger partial charge >= 0.3 is 0 Å². The van der Waals surface area contributed by atoms with E-state index in [1.807, 2.05) is 12.1 Å². The van der Waals surface area contributed by atoms with Crippen molar-refractivity contribution in [2.75, 3.05) is 18.0 Å². The van der Waals surface area contributed by atoms with Gasteiger partial charge in [0.2, 0.25) is 0 Å². The maximum Gasteiger partial charge on any atom is 0.115 e. The Morgan fingerprint density at radius 3 is 2.48 bits per heavy atom. The molecule has 0 amide bonds. The highest BCUT2D eigenvalue weighted by molar-refractivity contribution is 5.51. The van der Waals surface area contributed by atoms with Gasteiger partial charge in [-0.05, 0) is 79.0 Å². The highest BCUT2D eigenvalue weighted by Crippen LogP contribution is 2.43. The Kier molecular flexibility index (Phi) is 4.70. The number of aryl methyl sites for hydroxylation is 1. The van der Waals surface area contributed by atoms with E-state index in [9.17, 15) is 5.11 Å². The van der Waals surface area contributed by atoms with Crippen LogP contribution in [0.2, 0.25) is 0 Å². The van der Waals surface area contributed by atoms with Crippen molar-refractivity contribution in [1.29, 1.82) is 0 Å². The smallest absolute Gasteiger partial charge is 0.115 e. The third-order valence-corrected chi connectivity index (χ3v) is 6.22. The summed E-state index contributed by atoms with van der Waals surface area (Å²) in [7, 11) is 0. The Morgan fingerprint density at radius 1 is 1.00 bits per heavy atom. The molecule has 0 saturated carbocycles. The molecule has 2 aromatic carbocycles. The molecule has 0 aromatic heterocycles. The van der Waals surface area contributed by atoms with Crippen molar-refractivity contribution in [1.82, 2.24) is 0 Å². The molecule has 25 heavy (non-hydrogen) atoms. The van der Waals surface area contributed by atoms with Crippen LogP contribution in [0.5, 0.6) is 5.75 Å². The van der Waals surface area contributed by atoms with Gasteiger partial charge in [0, 0.05) is 24.7 Å². The number of nitrogens with zero attached hydrogens (tertiary/aromatic N) is 1. The van der Waals surface area contributed by atoms with Gasteiger partial charge in [-0.25, -0.2) is 0 Å². The molecule has 0 bridgehead atoms. The van der Waals surface area contributed by atoms with Crippen molar-refractivity contribution >= 4 is 5.69 Å². The summed E-state index contributed by atoms with van der Waals surface area (Å²) in [6, 6.07) is 15.3. The van der Waals surface area contributed by atoms with Crippen molar-refractivity contribution in [2.45, 2.75) is 51.4 Å². The third-order valence-electron chi connectivity index (χ3n) is 6.22. The summed E-state index contributed by atoms with van der Waals surface area (Å²) in [5.41, 5.74) is 5.55. The number of hydrogen-bond donors (Lipinski definition) is 1. The van der Waals surface area contributed by atoms with Gasteiger partial charge in [-0.1, -0.05) is 31.5 Å². The Hall–Kier alpha value is -1.96. The zero-order chi connectivity index (χ0) is 17.2. The minimum absolute atomic E-state index is 0.396. The number of aromatic hydroxyl groups is 1. The molecule has 132 valence electrons.